The molecule has 0 spiro atoms. The number of nitrogens with zero attached hydrogens (tertiary/aromatic N) is 3. The predicted octanol–water partition coefficient (Wildman–Crippen LogP) is 3.17. The minimum absolute atomic E-state index is 0.0869. The number of aromatic nitrogens is 3. The van der Waals surface area contributed by atoms with Gasteiger partial charge in [0, 0.05) is 35.5 Å². The van der Waals surface area contributed by atoms with Gasteiger partial charge in [0.05, 0.1) is 18.0 Å². The number of amides is 1. The molecule has 0 aliphatic heterocycles. The number of aliphatic hydroxyl groups excluding tert-OH is 1. The van der Waals surface area contributed by atoms with Crippen LogP contribution in [0.4, 0.5) is 11.5 Å². The number of nitrogens with one attached hydrogen (secondary N) is 2. The van der Waals surface area contributed by atoms with Gasteiger partial charge < -0.3 is 15.7 Å². The maximum absolute atomic E-state index is 12.0. The van der Waals surface area contributed by atoms with Crippen LogP contribution in [0.25, 0.3) is 16.9 Å². The molecule has 0 bridgehead atoms. The first kappa shape index (κ1) is 18.6. The van der Waals surface area contributed by atoms with Crippen LogP contribution in [-0.4, -0.2) is 38.8 Å². The van der Waals surface area contributed by atoms with Crippen LogP contribution in [0.1, 0.15) is 16.1 Å². The smallest absolute Gasteiger partial charge is 0.251 e. The summed E-state index contributed by atoms with van der Waals surface area (Å²) < 4.78 is 1.77. The second-order valence-electron chi connectivity index (χ2n) is 6.63. The third kappa shape index (κ3) is 4.09. The minimum atomic E-state index is -0.217. The molecule has 7 heteroatoms. The summed E-state index contributed by atoms with van der Waals surface area (Å²) in [5.74, 6) is 0.561. The van der Waals surface area contributed by atoms with Crippen molar-refractivity contribution < 1.29 is 9.90 Å². The van der Waals surface area contributed by atoms with E-state index >= 15 is 0 Å². The van der Waals surface area contributed by atoms with Gasteiger partial charge in [-0.15, -0.1) is 0 Å². The van der Waals surface area contributed by atoms with Gasteiger partial charge in [0.1, 0.15) is 5.82 Å². The number of benzene rings is 2. The number of rotatable bonds is 6. The van der Waals surface area contributed by atoms with Crippen LogP contribution in [0.3, 0.4) is 0 Å². The highest BCUT2D eigenvalue weighted by Gasteiger charge is 2.11. The van der Waals surface area contributed by atoms with Crippen molar-refractivity contribution in [3.8, 4) is 11.3 Å². The van der Waals surface area contributed by atoms with E-state index in [-0.39, 0.29) is 19.1 Å². The van der Waals surface area contributed by atoms with E-state index in [0.717, 1.165) is 34.1 Å². The number of hydrogen-bond donors (Lipinski definition) is 3. The van der Waals surface area contributed by atoms with Crippen molar-refractivity contribution in [3.05, 3.63) is 78.0 Å². The molecule has 29 heavy (non-hydrogen) atoms. The van der Waals surface area contributed by atoms with Crippen LogP contribution in [0.15, 0.2) is 66.7 Å². The van der Waals surface area contributed by atoms with Crippen LogP contribution in [0.2, 0.25) is 0 Å². The van der Waals surface area contributed by atoms with Crippen LogP contribution in [0, 0.1) is 6.92 Å². The zero-order chi connectivity index (χ0) is 20.2. The number of anilines is 2. The van der Waals surface area contributed by atoms with E-state index in [1.54, 1.807) is 16.6 Å². The number of fused-ring (bicyclic) bond motifs is 1. The van der Waals surface area contributed by atoms with E-state index < -0.39 is 0 Å². The lowest BCUT2D eigenvalue weighted by atomic mass is 10.1. The molecule has 4 aromatic rings. The van der Waals surface area contributed by atoms with Crippen molar-refractivity contribution in [2.24, 2.45) is 0 Å². The van der Waals surface area contributed by atoms with E-state index in [1.165, 1.54) is 0 Å². The summed E-state index contributed by atoms with van der Waals surface area (Å²) in [7, 11) is 0. The monoisotopic (exact) mass is 387 g/mol. The van der Waals surface area contributed by atoms with Crippen molar-refractivity contribution in [2.75, 3.05) is 18.5 Å². The normalized spacial score (nSPS) is 10.8. The van der Waals surface area contributed by atoms with E-state index in [2.05, 4.69) is 15.7 Å². The Morgan fingerprint density at radius 2 is 1.83 bits per heavy atom. The Balaban J connectivity index is 1.66. The Kier molecular flexibility index (Phi) is 5.22. The summed E-state index contributed by atoms with van der Waals surface area (Å²) in [6, 6.07) is 21.0. The summed E-state index contributed by atoms with van der Waals surface area (Å²) >= 11 is 0. The second-order valence-corrected chi connectivity index (χ2v) is 6.63. The van der Waals surface area contributed by atoms with Gasteiger partial charge in [-0.2, -0.15) is 9.61 Å². The highest BCUT2D eigenvalue weighted by molar-refractivity contribution is 5.94. The van der Waals surface area contributed by atoms with Gasteiger partial charge in [0.15, 0.2) is 5.65 Å². The summed E-state index contributed by atoms with van der Waals surface area (Å²) in [6.45, 7) is 2.08. The molecule has 1 amide bonds. The molecule has 0 unspecified atom stereocenters. The molecule has 4 rings (SSSR count). The highest BCUT2D eigenvalue weighted by atomic mass is 16.3. The molecule has 2 aromatic heterocycles. The van der Waals surface area contributed by atoms with Crippen LogP contribution < -0.4 is 10.6 Å². The third-order valence-corrected chi connectivity index (χ3v) is 4.44. The lowest BCUT2D eigenvalue weighted by molar-refractivity contribution is 0.0945. The van der Waals surface area contributed by atoms with Gasteiger partial charge in [-0.25, -0.2) is 4.98 Å². The first-order valence-electron chi connectivity index (χ1n) is 9.33. The van der Waals surface area contributed by atoms with E-state index in [4.69, 9.17) is 10.1 Å². The standard InChI is InChI=1S/C22H21N5O2/c1-15-13-20-25-19(16-5-3-2-4-6-16)14-21(27(20)26-15)24-18-9-7-17(8-10-18)22(29)23-11-12-28/h2-10,13-14,24,28H,11-12H2,1H3,(H,23,29). The molecule has 0 fully saturated rings. The summed E-state index contributed by atoms with van der Waals surface area (Å²) in [4.78, 5) is 16.7. The molecule has 0 saturated heterocycles. The van der Waals surface area contributed by atoms with Gasteiger partial charge in [-0.1, -0.05) is 30.3 Å². The van der Waals surface area contributed by atoms with Gasteiger partial charge in [-0.3, -0.25) is 4.79 Å². The summed E-state index contributed by atoms with van der Waals surface area (Å²) in [5.41, 5.74) is 4.86. The van der Waals surface area contributed by atoms with E-state index in [1.807, 2.05) is 61.5 Å². The molecule has 0 saturated carbocycles. The topological polar surface area (TPSA) is 91.5 Å². The number of hydrogen-bond acceptors (Lipinski definition) is 5. The Hall–Kier alpha value is -3.71. The molecule has 0 radical (unpaired) electrons. The van der Waals surface area contributed by atoms with Crippen molar-refractivity contribution >= 4 is 23.1 Å². The van der Waals surface area contributed by atoms with Crippen LogP contribution in [-0.2, 0) is 0 Å². The minimum Gasteiger partial charge on any atom is -0.395 e. The fourth-order valence-electron chi connectivity index (χ4n) is 3.06. The average molecular weight is 387 g/mol. The number of aryl methyl sites for hydroxylation is 1. The van der Waals surface area contributed by atoms with Crippen molar-refractivity contribution in [1.82, 2.24) is 19.9 Å². The van der Waals surface area contributed by atoms with Crippen molar-refractivity contribution in [2.45, 2.75) is 6.92 Å². The van der Waals surface area contributed by atoms with Crippen LogP contribution in [0.5, 0.6) is 0 Å². The molecule has 0 aliphatic carbocycles. The molecule has 146 valence electrons. The lowest BCUT2D eigenvalue weighted by Crippen LogP contribution is -2.26. The van der Waals surface area contributed by atoms with E-state index in [9.17, 15) is 4.79 Å². The maximum Gasteiger partial charge on any atom is 0.251 e. The quantitative estimate of drug-likeness (QED) is 0.473. The van der Waals surface area contributed by atoms with Crippen molar-refractivity contribution in [3.63, 3.8) is 0 Å². The third-order valence-electron chi connectivity index (χ3n) is 4.44. The zero-order valence-corrected chi connectivity index (χ0v) is 16.0. The largest absolute Gasteiger partial charge is 0.395 e. The number of carbonyl (C=O) groups excluding carboxylic acids is 1. The summed E-state index contributed by atoms with van der Waals surface area (Å²) in [6.07, 6.45) is 0. The fourth-order valence-corrected chi connectivity index (χ4v) is 3.06. The Labute approximate surface area is 168 Å². The zero-order valence-electron chi connectivity index (χ0n) is 16.0. The first-order chi connectivity index (χ1) is 14.1. The SMILES string of the molecule is Cc1cc2nc(-c3ccccc3)cc(Nc3ccc(C(=O)NCCO)cc3)n2n1. The highest BCUT2D eigenvalue weighted by Crippen LogP contribution is 2.25. The molecule has 2 aromatic carbocycles. The number of aliphatic hydroxyl groups is 1. The summed E-state index contributed by atoms with van der Waals surface area (Å²) in [5, 5.41) is 19.4. The van der Waals surface area contributed by atoms with Gasteiger partial charge in [0.25, 0.3) is 5.91 Å². The fraction of sp³-hybridized carbons (Fsp3) is 0.136. The van der Waals surface area contributed by atoms with Crippen LogP contribution >= 0.6 is 0 Å². The molecule has 0 aliphatic rings. The first-order valence-corrected chi connectivity index (χ1v) is 9.33. The van der Waals surface area contributed by atoms with Gasteiger partial charge in [0.2, 0.25) is 0 Å². The average Bonchev–Trinajstić information content (AvgIpc) is 3.13. The Morgan fingerprint density at radius 3 is 2.55 bits per heavy atom. The molecule has 0 atom stereocenters. The molecule has 2 heterocycles. The van der Waals surface area contributed by atoms with Gasteiger partial charge in [-0.05, 0) is 31.2 Å². The van der Waals surface area contributed by atoms with E-state index in [0.29, 0.717) is 5.56 Å². The maximum atomic E-state index is 12.0. The molecule has 3 N–H and O–H groups in total. The molecular weight excluding hydrogens is 366 g/mol. The predicted molar refractivity (Wildman–Crippen MR) is 112 cm³/mol. The van der Waals surface area contributed by atoms with Crippen molar-refractivity contribution in [1.29, 1.82) is 0 Å². The Morgan fingerprint density at radius 1 is 1.07 bits per heavy atom. The Bertz CT molecular complexity index is 1140. The molecular formula is C22H21N5O2. The molecule has 7 nitrogen and oxygen atoms in total. The number of carbonyl (C=O) groups is 1. The van der Waals surface area contributed by atoms with Gasteiger partial charge >= 0.3 is 0 Å². The lowest BCUT2D eigenvalue weighted by Gasteiger charge is -2.11. The second kappa shape index (κ2) is 8.12.